The van der Waals surface area contributed by atoms with E-state index >= 15 is 0 Å². The van der Waals surface area contributed by atoms with Crippen molar-refractivity contribution in [3.05, 3.63) is 29.8 Å². The molecule has 6 nitrogen and oxygen atoms in total. The second-order valence-corrected chi connectivity index (χ2v) is 8.46. The van der Waals surface area contributed by atoms with E-state index in [0.717, 1.165) is 11.8 Å². The summed E-state index contributed by atoms with van der Waals surface area (Å²) in [4.78, 5) is 0.220. The number of sulfonamides is 1. The predicted octanol–water partition coefficient (Wildman–Crippen LogP) is 0.119. The molecular weight excluding hydrogens is 300 g/mol. The molecule has 0 spiro atoms. The van der Waals surface area contributed by atoms with Crippen LogP contribution < -0.4 is 10.0 Å². The number of benzene rings is 1. The van der Waals surface area contributed by atoms with Crippen LogP contribution in [0.4, 0.5) is 0 Å². The van der Waals surface area contributed by atoms with Gasteiger partial charge in [-0.3, -0.25) is 0 Å². The lowest BCUT2D eigenvalue weighted by molar-refractivity contribution is 0.577. The number of sulfone groups is 1. The average Bonchev–Trinajstić information content (AvgIpc) is 2.36. The van der Waals surface area contributed by atoms with Crippen LogP contribution in [0.25, 0.3) is 0 Å². The van der Waals surface area contributed by atoms with Gasteiger partial charge in [-0.25, -0.2) is 21.6 Å². The molecule has 114 valence electrons. The molecule has 0 atom stereocenters. The summed E-state index contributed by atoms with van der Waals surface area (Å²) in [6, 6.07) is 6.15. The maximum atomic E-state index is 11.7. The number of hydrogen-bond acceptors (Lipinski definition) is 5. The van der Waals surface area contributed by atoms with E-state index in [4.69, 9.17) is 0 Å². The van der Waals surface area contributed by atoms with Crippen LogP contribution in [0.3, 0.4) is 0 Å². The fourth-order valence-electron chi connectivity index (χ4n) is 1.56. The van der Waals surface area contributed by atoms with E-state index in [1.807, 2.05) is 0 Å². The van der Waals surface area contributed by atoms with Crippen LogP contribution in [0, 0.1) is 0 Å². The molecule has 0 fully saturated rings. The zero-order valence-corrected chi connectivity index (χ0v) is 13.2. The van der Waals surface area contributed by atoms with Crippen molar-refractivity contribution in [1.29, 1.82) is 0 Å². The Morgan fingerprint density at radius 1 is 1.05 bits per heavy atom. The fraction of sp³-hybridized carbons (Fsp3) is 0.500. The fourth-order valence-corrected chi connectivity index (χ4v) is 3.24. The number of hydrogen-bond donors (Lipinski definition) is 2. The van der Waals surface area contributed by atoms with E-state index in [0.29, 0.717) is 13.0 Å². The topological polar surface area (TPSA) is 92.3 Å². The van der Waals surface area contributed by atoms with Crippen molar-refractivity contribution in [3.8, 4) is 0 Å². The Morgan fingerprint density at radius 2 is 1.65 bits per heavy atom. The van der Waals surface area contributed by atoms with Gasteiger partial charge in [0.2, 0.25) is 10.0 Å². The Hall–Kier alpha value is -0.960. The zero-order chi connectivity index (χ0) is 15.2. The average molecular weight is 320 g/mol. The van der Waals surface area contributed by atoms with E-state index in [-0.39, 0.29) is 17.2 Å². The van der Waals surface area contributed by atoms with E-state index in [1.54, 1.807) is 19.2 Å². The number of rotatable bonds is 8. The Labute approximate surface area is 120 Å². The third-order valence-corrected chi connectivity index (χ3v) is 5.23. The molecule has 0 saturated heterocycles. The highest BCUT2D eigenvalue weighted by Gasteiger charge is 2.10. The van der Waals surface area contributed by atoms with Crippen LogP contribution in [0.5, 0.6) is 0 Å². The first kappa shape index (κ1) is 17.1. The van der Waals surface area contributed by atoms with E-state index in [9.17, 15) is 16.8 Å². The Bertz CT molecular complexity index is 622. The molecule has 8 heteroatoms. The van der Waals surface area contributed by atoms with Gasteiger partial charge in [0, 0.05) is 12.8 Å². The van der Waals surface area contributed by atoms with E-state index < -0.39 is 19.9 Å². The molecule has 0 aliphatic rings. The molecule has 0 amide bonds. The lowest BCUT2D eigenvalue weighted by Crippen LogP contribution is -2.27. The Balaban J connectivity index is 2.58. The Morgan fingerprint density at radius 3 is 2.15 bits per heavy atom. The summed E-state index contributed by atoms with van der Waals surface area (Å²) in [5.74, 6) is 0.0647. The minimum Gasteiger partial charge on any atom is -0.320 e. The first-order valence-corrected chi connectivity index (χ1v) is 9.70. The largest absolute Gasteiger partial charge is 0.320 e. The van der Waals surface area contributed by atoms with Crippen LogP contribution in [0.1, 0.15) is 12.0 Å². The molecule has 0 aliphatic carbocycles. The zero-order valence-electron chi connectivity index (χ0n) is 11.6. The number of nitrogens with one attached hydrogen (secondary N) is 2. The standard InChI is InChI=1S/C12H20N2O4S2/c1-13-8-3-9-20(17,18)14-10-11-4-6-12(7-5-11)19(2,15)16/h4-7,13-14H,3,8-10H2,1-2H3. The molecule has 0 unspecified atom stereocenters. The summed E-state index contributed by atoms with van der Waals surface area (Å²) in [6.45, 7) is 0.801. The van der Waals surface area contributed by atoms with Crippen molar-refractivity contribution >= 4 is 19.9 Å². The summed E-state index contributed by atoms with van der Waals surface area (Å²) in [5, 5.41) is 2.89. The monoisotopic (exact) mass is 320 g/mol. The van der Waals surface area contributed by atoms with Crippen LogP contribution in [-0.4, -0.2) is 42.4 Å². The molecule has 20 heavy (non-hydrogen) atoms. The first-order valence-electron chi connectivity index (χ1n) is 6.15. The maximum absolute atomic E-state index is 11.7. The molecule has 1 aromatic carbocycles. The molecule has 0 aromatic heterocycles. The van der Waals surface area contributed by atoms with Crippen molar-refractivity contribution in [1.82, 2.24) is 10.0 Å². The van der Waals surface area contributed by atoms with Gasteiger partial charge >= 0.3 is 0 Å². The highest BCUT2D eigenvalue weighted by atomic mass is 32.2. The van der Waals surface area contributed by atoms with Crippen molar-refractivity contribution in [2.45, 2.75) is 17.9 Å². The van der Waals surface area contributed by atoms with Gasteiger partial charge in [0.05, 0.1) is 10.6 Å². The maximum Gasteiger partial charge on any atom is 0.211 e. The van der Waals surface area contributed by atoms with Crippen LogP contribution in [0.2, 0.25) is 0 Å². The van der Waals surface area contributed by atoms with Crippen LogP contribution in [0.15, 0.2) is 29.2 Å². The molecular formula is C12H20N2O4S2. The van der Waals surface area contributed by atoms with Gasteiger partial charge in [-0.15, -0.1) is 0 Å². The molecule has 0 bridgehead atoms. The summed E-state index contributed by atoms with van der Waals surface area (Å²) >= 11 is 0. The summed E-state index contributed by atoms with van der Waals surface area (Å²) in [7, 11) is -4.76. The van der Waals surface area contributed by atoms with Crippen molar-refractivity contribution in [3.63, 3.8) is 0 Å². The van der Waals surface area contributed by atoms with Crippen LogP contribution >= 0.6 is 0 Å². The smallest absolute Gasteiger partial charge is 0.211 e. The second kappa shape index (κ2) is 7.16. The van der Waals surface area contributed by atoms with Crippen molar-refractivity contribution in [2.75, 3.05) is 25.6 Å². The van der Waals surface area contributed by atoms with E-state index in [2.05, 4.69) is 10.0 Å². The van der Waals surface area contributed by atoms with Gasteiger partial charge in [0.1, 0.15) is 0 Å². The second-order valence-electron chi connectivity index (χ2n) is 4.51. The highest BCUT2D eigenvalue weighted by molar-refractivity contribution is 7.90. The minimum atomic E-state index is -3.30. The van der Waals surface area contributed by atoms with Crippen LogP contribution in [-0.2, 0) is 26.4 Å². The summed E-state index contributed by atoms with van der Waals surface area (Å²) in [5.41, 5.74) is 0.717. The van der Waals surface area contributed by atoms with Gasteiger partial charge in [0.15, 0.2) is 9.84 Å². The lowest BCUT2D eigenvalue weighted by Gasteiger charge is -2.07. The molecule has 1 aromatic rings. The third-order valence-electron chi connectivity index (χ3n) is 2.69. The third kappa shape index (κ3) is 6.00. The predicted molar refractivity (Wildman–Crippen MR) is 78.7 cm³/mol. The Kier molecular flexibility index (Phi) is 6.12. The lowest BCUT2D eigenvalue weighted by atomic mass is 10.2. The molecule has 0 radical (unpaired) electrons. The van der Waals surface area contributed by atoms with Gasteiger partial charge in [-0.2, -0.15) is 0 Å². The minimum absolute atomic E-state index is 0.0647. The molecule has 0 aliphatic heterocycles. The van der Waals surface area contributed by atoms with Crippen molar-refractivity contribution < 1.29 is 16.8 Å². The summed E-state index contributed by atoms with van der Waals surface area (Å²) in [6.07, 6.45) is 1.67. The van der Waals surface area contributed by atoms with Gasteiger partial charge < -0.3 is 5.32 Å². The van der Waals surface area contributed by atoms with Gasteiger partial charge in [-0.1, -0.05) is 12.1 Å². The molecule has 0 saturated carbocycles. The first-order chi connectivity index (χ1) is 9.24. The highest BCUT2D eigenvalue weighted by Crippen LogP contribution is 2.10. The SMILES string of the molecule is CNCCCS(=O)(=O)NCc1ccc(S(C)(=O)=O)cc1. The molecule has 2 N–H and O–H groups in total. The normalized spacial score (nSPS) is 12.5. The van der Waals surface area contributed by atoms with Crippen molar-refractivity contribution in [2.24, 2.45) is 0 Å². The molecule has 0 heterocycles. The summed E-state index contributed by atoms with van der Waals surface area (Å²) < 4.78 is 48.4. The van der Waals surface area contributed by atoms with E-state index in [1.165, 1.54) is 12.1 Å². The van der Waals surface area contributed by atoms with Gasteiger partial charge in [-0.05, 0) is 37.7 Å². The van der Waals surface area contributed by atoms with Gasteiger partial charge in [0.25, 0.3) is 0 Å². The quantitative estimate of drug-likeness (QED) is 0.664. The molecule has 1 rings (SSSR count).